The van der Waals surface area contributed by atoms with E-state index in [0.29, 0.717) is 19.5 Å². The molecule has 1 N–H and O–H groups in total. The van der Waals surface area contributed by atoms with Gasteiger partial charge in [0.05, 0.1) is 0 Å². The van der Waals surface area contributed by atoms with Crippen molar-refractivity contribution in [3.05, 3.63) is 35.9 Å². The molecule has 0 aliphatic heterocycles. The van der Waals surface area contributed by atoms with E-state index in [9.17, 15) is 9.59 Å². The number of aliphatic carboxylic acids is 1. The van der Waals surface area contributed by atoms with Crippen molar-refractivity contribution in [2.24, 2.45) is 5.92 Å². The van der Waals surface area contributed by atoms with Crippen molar-refractivity contribution in [1.82, 2.24) is 4.90 Å². The molecule has 1 amide bonds. The molecule has 108 valence electrons. The van der Waals surface area contributed by atoms with E-state index < -0.39 is 5.97 Å². The quantitative estimate of drug-likeness (QED) is 0.832. The van der Waals surface area contributed by atoms with Crippen molar-refractivity contribution in [2.45, 2.75) is 38.6 Å². The van der Waals surface area contributed by atoms with Crippen LogP contribution in [0.5, 0.6) is 0 Å². The normalized spacial score (nSPS) is 14.6. The Morgan fingerprint density at radius 3 is 2.45 bits per heavy atom. The third kappa shape index (κ3) is 4.08. The van der Waals surface area contributed by atoms with Crippen LogP contribution in [0.1, 0.15) is 37.7 Å². The highest BCUT2D eigenvalue weighted by atomic mass is 16.4. The number of carboxylic acid groups (broad SMARTS) is 1. The molecule has 0 aromatic heterocycles. The molecule has 4 heteroatoms. The molecule has 0 radical (unpaired) electrons. The maximum atomic E-state index is 12.4. The SMILES string of the molecule is O=C(O)CCCN(Cc1ccccc1)C(=O)C1CCC1. The van der Waals surface area contributed by atoms with Gasteiger partial charge in [0.1, 0.15) is 0 Å². The maximum absolute atomic E-state index is 12.4. The zero-order valence-electron chi connectivity index (χ0n) is 11.6. The Bertz CT molecular complexity index is 454. The summed E-state index contributed by atoms with van der Waals surface area (Å²) in [6, 6.07) is 9.86. The lowest BCUT2D eigenvalue weighted by Gasteiger charge is -2.31. The molecule has 1 aliphatic carbocycles. The lowest BCUT2D eigenvalue weighted by molar-refractivity contribution is -0.141. The zero-order chi connectivity index (χ0) is 14.4. The molecule has 0 bridgehead atoms. The van der Waals surface area contributed by atoms with E-state index in [1.165, 1.54) is 0 Å². The van der Waals surface area contributed by atoms with E-state index >= 15 is 0 Å². The van der Waals surface area contributed by atoms with Gasteiger partial charge in [-0.15, -0.1) is 0 Å². The molecule has 2 rings (SSSR count). The number of carboxylic acids is 1. The second kappa shape index (κ2) is 7.08. The molecule has 1 fully saturated rings. The minimum atomic E-state index is -0.805. The highest BCUT2D eigenvalue weighted by molar-refractivity contribution is 5.79. The minimum Gasteiger partial charge on any atom is -0.481 e. The van der Waals surface area contributed by atoms with Gasteiger partial charge in [0.15, 0.2) is 0 Å². The Morgan fingerprint density at radius 2 is 1.90 bits per heavy atom. The first-order valence-electron chi connectivity index (χ1n) is 7.21. The summed E-state index contributed by atoms with van der Waals surface area (Å²) in [7, 11) is 0. The number of hydrogen-bond donors (Lipinski definition) is 1. The zero-order valence-corrected chi connectivity index (χ0v) is 11.6. The van der Waals surface area contributed by atoms with Crippen LogP contribution in [0.4, 0.5) is 0 Å². The Kier molecular flexibility index (Phi) is 5.16. The predicted molar refractivity (Wildman–Crippen MR) is 76.1 cm³/mol. The molecule has 0 spiro atoms. The average Bonchev–Trinajstić information content (AvgIpc) is 2.36. The number of carbonyl (C=O) groups is 2. The first-order valence-corrected chi connectivity index (χ1v) is 7.21. The van der Waals surface area contributed by atoms with Gasteiger partial charge < -0.3 is 10.0 Å². The summed E-state index contributed by atoms with van der Waals surface area (Å²) in [6.07, 6.45) is 3.71. The van der Waals surface area contributed by atoms with Crippen LogP contribution in [0.3, 0.4) is 0 Å². The summed E-state index contributed by atoms with van der Waals surface area (Å²) in [6.45, 7) is 1.10. The minimum absolute atomic E-state index is 0.114. The average molecular weight is 275 g/mol. The molecule has 0 atom stereocenters. The summed E-state index contributed by atoms with van der Waals surface area (Å²) in [5, 5.41) is 8.72. The molecule has 4 nitrogen and oxygen atoms in total. The molecule has 1 saturated carbocycles. The van der Waals surface area contributed by atoms with E-state index in [1.807, 2.05) is 35.2 Å². The summed E-state index contributed by atoms with van der Waals surface area (Å²) in [4.78, 5) is 24.8. The molecular weight excluding hydrogens is 254 g/mol. The van der Waals surface area contributed by atoms with Crippen LogP contribution in [0.2, 0.25) is 0 Å². The Hall–Kier alpha value is -1.84. The topological polar surface area (TPSA) is 57.6 Å². The van der Waals surface area contributed by atoms with Gasteiger partial charge in [0, 0.05) is 25.4 Å². The molecule has 0 saturated heterocycles. The molecule has 20 heavy (non-hydrogen) atoms. The largest absolute Gasteiger partial charge is 0.481 e. The second-order valence-corrected chi connectivity index (χ2v) is 5.37. The summed E-state index contributed by atoms with van der Waals surface area (Å²) in [5.74, 6) is -0.463. The van der Waals surface area contributed by atoms with E-state index in [-0.39, 0.29) is 18.2 Å². The van der Waals surface area contributed by atoms with Gasteiger partial charge in [-0.2, -0.15) is 0 Å². The lowest BCUT2D eigenvalue weighted by Crippen LogP contribution is -2.39. The first kappa shape index (κ1) is 14.6. The van der Waals surface area contributed by atoms with Crippen molar-refractivity contribution < 1.29 is 14.7 Å². The van der Waals surface area contributed by atoms with Crippen LogP contribution in [0, 0.1) is 5.92 Å². The van der Waals surface area contributed by atoms with Crippen LogP contribution >= 0.6 is 0 Å². The van der Waals surface area contributed by atoms with E-state index in [4.69, 9.17) is 5.11 Å². The van der Waals surface area contributed by atoms with Crippen LogP contribution in [-0.2, 0) is 16.1 Å². The fraction of sp³-hybridized carbons (Fsp3) is 0.500. The van der Waals surface area contributed by atoms with E-state index in [2.05, 4.69) is 0 Å². The predicted octanol–water partition coefficient (Wildman–Crippen LogP) is 2.68. The standard InChI is InChI=1S/C16H21NO3/c18-15(19)10-5-11-17(16(20)14-8-4-9-14)12-13-6-2-1-3-7-13/h1-3,6-7,14H,4-5,8-12H2,(H,18,19). The number of hydrogen-bond acceptors (Lipinski definition) is 2. The van der Waals surface area contributed by atoms with Crippen molar-refractivity contribution in [3.8, 4) is 0 Å². The molecule has 1 aromatic carbocycles. The van der Waals surface area contributed by atoms with Crippen LogP contribution in [0.15, 0.2) is 30.3 Å². The highest BCUT2D eigenvalue weighted by Gasteiger charge is 2.29. The first-order chi connectivity index (χ1) is 9.66. The van der Waals surface area contributed by atoms with Crippen LogP contribution in [-0.4, -0.2) is 28.4 Å². The van der Waals surface area contributed by atoms with E-state index in [0.717, 1.165) is 24.8 Å². The monoisotopic (exact) mass is 275 g/mol. The number of nitrogens with zero attached hydrogens (tertiary/aromatic N) is 1. The molecule has 1 aliphatic rings. The van der Waals surface area contributed by atoms with Gasteiger partial charge in [-0.25, -0.2) is 0 Å². The smallest absolute Gasteiger partial charge is 0.303 e. The van der Waals surface area contributed by atoms with Crippen molar-refractivity contribution >= 4 is 11.9 Å². The fourth-order valence-electron chi connectivity index (χ4n) is 2.41. The van der Waals surface area contributed by atoms with E-state index in [1.54, 1.807) is 0 Å². The number of amides is 1. The summed E-state index contributed by atoms with van der Waals surface area (Å²) >= 11 is 0. The van der Waals surface area contributed by atoms with Crippen LogP contribution in [0.25, 0.3) is 0 Å². The number of carbonyl (C=O) groups excluding carboxylic acids is 1. The maximum Gasteiger partial charge on any atom is 0.303 e. The Morgan fingerprint density at radius 1 is 1.20 bits per heavy atom. The van der Waals surface area contributed by atoms with Crippen molar-refractivity contribution in [2.75, 3.05) is 6.54 Å². The third-order valence-corrected chi connectivity index (χ3v) is 3.80. The van der Waals surface area contributed by atoms with Gasteiger partial charge in [-0.1, -0.05) is 36.8 Å². The van der Waals surface area contributed by atoms with Gasteiger partial charge >= 0.3 is 5.97 Å². The molecule has 0 heterocycles. The van der Waals surface area contributed by atoms with Crippen molar-refractivity contribution in [3.63, 3.8) is 0 Å². The lowest BCUT2D eigenvalue weighted by atomic mass is 9.84. The number of rotatable bonds is 7. The fourth-order valence-corrected chi connectivity index (χ4v) is 2.41. The molecular formula is C16H21NO3. The summed E-state index contributed by atoms with van der Waals surface area (Å²) in [5.41, 5.74) is 1.09. The van der Waals surface area contributed by atoms with Crippen LogP contribution < -0.4 is 0 Å². The number of benzene rings is 1. The molecule has 1 aromatic rings. The Balaban J connectivity index is 1.95. The Labute approximate surface area is 119 Å². The van der Waals surface area contributed by atoms with Gasteiger partial charge in [0.2, 0.25) is 5.91 Å². The van der Waals surface area contributed by atoms with Gasteiger partial charge in [0.25, 0.3) is 0 Å². The molecule has 0 unspecified atom stereocenters. The second-order valence-electron chi connectivity index (χ2n) is 5.37. The third-order valence-electron chi connectivity index (χ3n) is 3.80. The van der Waals surface area contributed by atoms with Crippen molar-refractivity contribution in [1.29, 1.82) is 0 Å². The van der Waals surface area contributed by atoms with Gasteiger partial charge in [-0.3, -0.25) is 9.59 Å². The summed E-state index contributed by atoms with van der Waals surface area (Å²) < 4.78 is 0. The van der Waals surface area contributed by atoms with Gasteiger partial charge in [-0.05, 0) is 24.8 Å². The highest BCUT2D eigenvalue weighted by Crippen LogP contribution is 2.28.